The monoisotopic (exact) mass is 520 g/mol. The van der Waals surface area contributed by atoms with Gasteiger partial charge in [-0.1, -0.05) is 119 Å². The van der Waals surface area contributed by atoms with E-state index in [0.717, 1.165) is 71.9 Å². The molecule has 0 bridgehead atoms. The molecule has 0 unspecified atom stereocenters. The fourth-order valence-electron chi connectivity index (χ4n) is 5.59. The number of hydrogen-bond donors (Lipinski definition) is 2. The van der Waals surface area contributed by atoms with Crippen LogP contribution in [0.4, 0.5) is 0 Å². The summed E-state index contributed by atoms with van der Waals surface area (Å²) in [4.78, 5) is 0. The molecule has 39 heavy (non-hydrogen) atoms. The van der Waals surface area contributed by atoms with Gasteiger partial charge in [0.15, 0.2) is 0 Å². The maximum atomic E-state index is 10.9. The van der Waals surface area contributed by atoms with Crippen molar-refractivity contribution in [3.05, 3.63) is 107 Å². The highest BCUT2D eigenvalue weighted by Crippen LogP contribution is 2.36. The van der Waals surface area contributed by atoms with Gasteiger partial charge in [-0.25, -0.2) is 0 Å². The van der Waals surface area contributed by atoms with Gasteiger partial charge in [0.05, 0.1) is 0 Å². The number of phenolic OH excluding ortho intramolecular Hbond substituents is 2. The molecular formula is C37H44O2. The number of hydrogen-bond acceptors (Lipinski definition) is 2. The van der Waals surface area contributed by atoms with Crippen LogP contribution < -0.4 is 0 Å². The van der Waals surface area contributed by atoms with E-state index in [4.69, 9.17) is 0 Å². The minimum absolute atomic E-state index is 0.443. The summed E-state index contributed by atoms with van der Waals surface area (Å²) in [5.41, 5.74) is 8.89. The highest BCUT2D eigenvalue weighted by atomic mass is 16.3. The topological polar surface area (TPSA) is 40.5 Å². The van der Waals surface area contributed by atoms with Gasteiger partial charge in [0.1, 0.15) is 11.5 Å². The van der Waals surface area contributed by atoms with Crippen molar-refractivity contribution in [3.63, 3.8) is 0 Å². The van der Waals surface area contributed by atoms with Crippen LogP contribution in [0, 0.1) is 0 Å². The summed E-state index contributed by atoms with van der Waals surface area (Å²) >= 11 is 0. The zero-order valence-corrected chi connectivity index (χ0v) is 23.8. The molecule has 0 spiro atoms. The largest absolute Gasteiger partial charge is 0.507 e. The Morgan fingerprint density at radius 3 is 1.23 bits per heavy atom. The second-order valence-electron chi connectivity index (χ2n) is 10.8. The number of aryl methyl sites for hydroxylation is 4. The van der Waals surface area contributed by atoms with Gasteiger partial charge < -0.3 is 10.2 Å². The lowest BCUT2D eigenvalue weighted by atomic mass is 9.93. The van der Waals surface area contributed by atoms with Gasteiger partial charge in [0.25, 0.3) is 0 Å². The molecule has 4 aromatic rings. The first-order valence-electron chi connectivity index (χ1n) is 14.9. The number of phenols is 2. The second-order valence-corrected chi connectivity index (χ2v) is 10.8. The summed E-state index contributed by atoms with van der Waals surface area (Å²) < 4.78 is 0. The summed E-state index contributed by atoms with van der Waals surface area (Å²) in [6.45, 7) is 4.33. The number of unbranched alkanes of at least 4 members (excludes halogenated alkanes) is 4. The van der Waals surface area contributed by atoms with Crippen molar-refractivity contribution in [3.8, 4) is 33.8 Å². The Kier molecular flexibility index (Phi) is 10.7. The standard InChI is InChI=1S/C37H44O2/c1-3-16-32-24-28(26-34(36(32)38)30-20-12-8-13-21-30)18-10-6-5-7-11-19-29-25-33(17-4-2)37(39)35(27-29)31-22-14-9-15-23-31/h8-9,12-15,20-27,38-39H,3-7,10-11,16-19H2,1-2H3. The summed E-state index contributed by atoms with van der Waals surface area (Å²) in [6, 6.07) is 29.3. The quantitative estimate of drug-likeness (QED) is 0.162. The van der Waals surface area contributed by atoms with Crippen LogP contribution in [0.15, 0.2) is 84.9 Å². The highest BCUT2D eigenvalue weighted by molar-refractivity contribution is 5.73. The average molecular weight is 521 g/mol. The lowest BCUT2D eigenvalue weighted by Crippen LogP contribution is -1.95. The molecule has 0 aliphatic rings. The SMILES string of the molecule is CCCc1cc(CCCCCCCc2cc(CCC)c(O)c(-c3ccccc3)c2)cc(-c2ccccc2)c1O. The van der Waals surface area contributed by atoms with Crippen molar-refractivity contribution in [1.82, 2.24) is 0 Å². The van der Waals surface area contributed by atoms with Crippen molar-refractivity contribution >= 4 is 0 Å². The first kappa shape index (κ1) is 28.5. The number of rotatable bonds is 14. The van der Waals surface area contributed by atoms with E-state index >= 15 is 0 Å². The first-order valence-corrected chi connectivity index (χ1v) is 14.9. The summed E-state index contributed by atoms with van der Waals surface area (Å²) in [5.74, 6) is 0.886. The minimum atomic E-state index is 0.443. The third-order valence-corrected chi connectivity index (χ3v) is 7.64. The lowest BCUT2D eigenvalue weighted by Gasteiger charge is -2.14. The van der Waals surface area contributed by atoms with Gasteiger partial charge in [-0.05, 0) is 84.0 Å². The molecule has 0 saturated carbocycles. The Bertz CT molecular complexity index is 1210. The molecule has 0 aromatic heterocycles. The molecule has 0 fully saturated rings. The van der Waals surface area contributed by atoms with E-state index in [1.54, 1.807) is 0 Å². The van der Waals surface area contributed by atoms with E-state index in [9.17, 15) is 10.2 Å². The molecule has 0 heterocycles. The Morgan fingerprint density at radius 1 is 0.462 bits per heavy atom. The molecule has 0 atom stereocenters. The van der Waals surface area contributed by atoms with Crippen LogP contribution in [0.3, 0.4) is 0 Å². The molecule has 0 saturated heterocycles. The molecule has 2 heteroatoms. The van der Waals surface area contributed by atoms with Crippen LogP contribution >= 0.6 is 0 Å². The smallest absolute Gasteiger partial charge is 0.126 e. The van der Waals surface area contributed by atoms with Crippen LogP contribution in [-0.2, 0) is 25.7 Å². The predicted molar refractivity (Wildman–Crippen MR) is 166 cm³/mol. The molecule has 2 N–H and O–H groups in total. The summed E-state index contributed by atoms with van der Waals surface area (Å²) in [5, 5.41) is 21.8. The van der Waals surface area contributed by atoms with Gasteiger partial charge in [-0.15, -0.1) is 0 Å². The molecule has 0 amide bonds. The van der Waals surface area contributed by atoms with Gasteiger partial charge >= 0.3 is 0 Å². The fraction of sp³-hybridized carbons (Fsp3) is 0.351. The van der Waals surface area contributed by atoms with Gasteiger partial charge in [0, 0.05) is 11.1 Å². The highest BCUT2D eigenvalue weighted by Gasteiger charge is 2.13. The molecule has 2 nitrogen and oxygen atoms in total. The molecule has 0 radical (unpaired) electrons. The van der Waals surface area contributed by atoms with Crippen molar-refractivity contribution in [2.45, 2.75) is 84.5 Å². The molecule has 204 valence electrons. The Hall–Kier alpha value is -3.52. The molecule has 0 aliphatic carbocycles. The number of benzene rings is 4. The van der Waals surface area contributed by atoms with Crippen LogP contribution in [0.2, 0.25) is 0 Å². The van der Waals surface area contributed by atoms with Gasteiger partial charge in [0.2, 0.25) is 0 Å². The Labute approximate surface area is 235 Å². The Balaban J connectivity index is 1.31. The second kappa shape index (κ2) is 14.6. The van der Waals surface area contributed by atoms with Crippen molar-refractivity contribution < 1.29 is 10.2 Å². The van der Waals surface area contributed by atoms with Crippen LogP contribution in [-0.4, -0.2) is 10.2 Å². The number of aromatic hydroxyl groups is 2. The maximum Gasteiger partial charge on any atom is 0.126 e. The minimum Gasteiger partial charge on any atom is -0.507 e. The fourth-order valence-corrected chi connectivity index (χ4v) is 5.59. The normalized spacial score (nSPS) is 11.1. The third kappa shape index (κ3) is 7.76. The Morgan fingerprint density at radius 2 is 0.846 bits per heavy atom. The van der Waals surface area contributed by atoms with E-state index in [1.165, 1.54) is 43.2 Å². The van der Waals surface area contributed by atoms with E-state index < -0.39 is 0 Å². The first-order chi connectivity index (χ1) is 19.1. The van der Waals surface area contributed by atoms with E-state index in [1.807, 2.05) is 36.4 Å². The average Bonchev–Trinajstić information content (AvgIpc) is 2.96. The molecule has 4 rings (SSSR count). The van der Waals surface area contributed by atoms with E-state index in [0.29, 0.717) is 11.5 Å². The van der Waals surface area contributed by atoms with Crippen LogP contribution in [0.25, 0.3) is 22.3 Å². The summed E-state index contributed by atoms with van der Waals surface area (Å²) in [7, 11) is 0. The van der Waals surface area contributed by atoms with Gasteiger partial charge in [-0.2, -0.15) is 0 Å². The molecule has 0 aliphatic heterocycles. The lowest BCUT2D eigenvalue weighted by molar-refractivity contribution is 0.469. The van der Waals surface area contributed by atoms with E-state index in [2.05, 4.69) is 62.4 Å². The van der Waals surface area contributed by atoms with Crippen molar-refractivity contribution in [2.24, 2.45) is 0 Å². The predicted octanol–water partition coefficient (Wildman–Crippen LogP) is 10.1. The third-order valence-electron chi connectivity index (χ3n) is 7.64. The van der Waals surface area contributed by atoms with Crippen LogP contribution in [0.5, 0.6) is 11.5 Å². The van der Waals surface area contributed by atoms with Gasteiger partial charge in [-0.3, -0.25) is 0 Å². The van der Waals surface area contributed by atoms with Crippen LogP contribution in [0.1, 0.15) is 81.0 Å². The van der Waals surface area contributed by atoms with Crippen molar-refractivity contribution in [1.29, 1.82) is 0 Å². The van der Waals surface area contributed by atoms with E-state index in [-0.39, 0.29) is 0 Å². The zero-order chi connectivity index (χ0) is 27.5. The molecule has 4 aromatic carbocycles. The van der Waals surface area contributed by atoms with Crippen molar-refractivity contribution in [2.75, 3.05) is 0 Å². The zero-order valence-electron chi connectivity index (χ0n) is 23.8. The maximum absolute atomic E-state index is 10.9. The summed E-state index contributed by atoms with van der Waals surface area (Å²) in [6.07, 6.45) is 12.0. The molecular weight excluding hydrogens is 476 g/mol.